The molecule has 7 unspecified atom stereocenters. The minimum absolute atomic E-state index is 0.181. The summed E-state index contributed by atoms with van der Waals surface area (Å²) < 4.78 is 11.2. The molecule has 1 saturated heterocycles. The second kappa shape index (κ2) is 43.3. The largest absolute Gasteiger partial charge is 0.394 e. The third-order valence-electron chi connectivity index (χ3n) is 12.5. The Morgan fingerprint density at radius 2 is 0.952 bits per heavy atom. The molecule has 1 heterocycles. The van der Waals surface area contributed by atoms with E-state index in [1.807, 2.05) is 6.08 Å². The monoisotopic (exact) mass is 878 g/mol. The molecule has 1 fully saturated rings. The van der Waals surface area contributed by atoms with Crippen molar-refractivity contribution < 1.29 is 39.8 Å². The standard InChI is InChI=1S/C53H99NO8/c1-3-5-7-9-11-13-15-17-19-20-21-22-23-24-25-26-27-28-29-31-33-35-37-39-41-43-49(57)54-46(45-61-53-52(60)51(59)50(58)48(44-55)62-53)47(56)42-40-38-36-34-32-30-18-16-14-12-10-8-6-4-2/h21-22,24-25,40,42,46-48,50-53,55-56,58-60H,3-20,23,26-39,41,43-45H2,1-2H3,(H,54,57)/b22-21-,25-24-,42-40+. The molecule has 0 bridgehead atoms. The Bertz CT molecular complexity index is 1070. The summed E-state index contributed by atoms with van der Waals surface area (Å²) in [6.45, 7) is 3.78. The van der Waals surface area contributed by atoms with E-state index in [0.29, 0.717) is 6.42 Å². The molecule has 1 rings (SSSR count). The molecule has 0 saturated carbocycles. The molecule has 7 atom stereocenters. The number of hydrogen-bond donors (Lipinski definition) is 6. The number of ether oxygens (including phenoxy) is 2. The summed E-state index contributed by atoms with van der Waals surface area (Å²) in [5.74, 6) is -0.181. The normalized spacial score (nSPS) is 20.5. The first-order chi connectivity index (χ1) is 30.3. The molecule has 0 aromatic heterocycles. The summed E-state index contributed by atoms with van der Waals surface area (Å²) in [4.78, 5) is 13.0. The van der Waals surface area contributed by atoms with E-state index in [-0.39, 0.29) is 12.5 Å². The lowest BCUT2D eigenvalue weighted by Crippen LogP contribution is -2.60. The first-order valence-corrected chi connectivity index (χ1v) is 26.2. The van der Waals surface area contributed by atoms with Gasteiger partial charge in [-0.05, 0) is 51.4 Å². The molecule has 6 N–H and O–H groups in total. The fraction of sp³-hybridized carbons (Fsp3) is 0.868. The van der Waals surface area contributed by atoms with Crippen LogP contribution in [-0.2, 0) is 14.3 Å². The summed E-state index contributed by atoms with van der Waals surface area (Å²) in [5, 5.41) is 54.3. The van der Waals surface area contributed by atoms with Crippen LogP contribution in [0.4, 0.5) is 0 Å². The van der Waals surface area contributed by atoms with Gasteiger partial charge < -0.3 is 40.3 Å². The van der Waals surface area contributed by atoms with Gasteiger partial charge in [-0.1, -0.05) is 217 Å². The maximum Gasteiger partial charge on any atom is 0.220 e. The van der Waals surface area contributed by atoms with Gasteiger partial charge in [-0.2, -0.15) is 0 Å². The van der Waals surface area contributed by atoms with Gasteiger partial charge in [0.15, 0.2) is 6.29 Å². The number of carbonyl (C=O) groups excluding carboxylic acids is 1. The number of rotatable bonds is 44. The molecule has 9 heteroatoms. The van der Waals surface area contributed by atoms with Gasteiger partial charge in [0.2, 0.25) is 5.91 Å². The van der Waals surface area contributed by atoms with Crippen molar-refractivity contribution in [2.24, 2.45) is 0 Å². The van der Waals surface area contributed by atoms with Crippen molar-refractivity contribution in [1.29, 1.82) is 0 Å². The van der Waals surface area contributed by atoms with E-state index in [1.165, 1.54) is 173 Å². The van der Waals surface area contributed by atoms with Crippen LogP contribution in [0.15, 0.2) is 36.5 Å². The van der Waals surface area contributed by atoms with Crippen molar-refractivity contribution in [3.63, 3.8) is 0 Å². The highest BCUT2D eigenvalue weighted by Crippen LogP contribution is 2.23. The van der Waals surface area contributed by atoms with Crippen LogP contribution in [0.5, 0.6) is 0 Å². The second-order valence-electron chi connectivity index (χ2n) is 18.3. The van der Waals surface area contributed by atoms with Gasteiger partial charge in [-0.15, -0.1) is 0 Å². The van der Waals surface area contributed by atoms with Crippen LogP contribution >= 0.6 is 0 Å². The minimum atomic E-state index is -1.57. The van der Waals surface area contributed by atoms with Crippen molar-refractivity contribution in [2.45, 2.75) is 281 Å². The molecule has 0 spiro atoms. The van der Waals surface area contributed by atoms with Gasteiger partial charge in [0, 0.05) is 6.42 Å². The second-order valence-corrected chi connectivity index (χ2v) is 18.3. The first-order valence-electron chi connectivity index (χ1n) is 26.2. The van der Waals surface area contributed by atoms with Crippen LogP contribution in [0.1, 0.15) is 239 Å². The maximum atomic E-state index is 13.0. The molecule has 1 aliphatic heterocycles. The van der Waals surface area contributed by atoms with Crippen LogP contribution in [-0.4, -0.2) is 87.5 Å². The van der Waals surface area contributed by atoms with E-state index < -0.39 is 49.5 Å². The van der Waals surface area contributed by atoms with Crippen LogP contribution < -0.4 is 5.32 Å². The lowest BCUT2D eigenvalue weighted by molar-refractivity contribution is -0.302. The van der Waals surface area contributed by atoms with E-state index in [0.717, 1.165) is 44.9 Å². The molecule has 0 aromatic rings. The Kier molecular flexibility index (Phi) is 40.8. The Balaban J connectivity index is 2.25. The first kappa shape index (κ1) is 58.4. The van der Waals surface area contributed by atoms with Gasteiger partial charge in [0.25, 0.3) is 0 Å². The molecule has 0 aromatic carbocycles. The number of amides is 1. The molecule has 62 heavy (non-hydrogen) atoms. The lowest BCUT2D eigenvalue weighted by atomic mass is 9.99. The number of hydrogen-bond acceptors (Lipinski definition) is 8. The minimum Gasteiger partial charge on any atom is -0.394 e. The number of aliphatic hydroxyl groups excluding tert-OH is 5. The van der Waals surface area contributed by atoms with Gasteiger partial charge in [-0.3, -0.25) is 4.79 Å². The number of nitrogens with one attached hydrogen (secondary N) is 1. The van der Waals surface area contributed by atoms with E-state index in [2.05, 4.69) is 43.5 Å². The van der Waals surface area contributed by atoms with Crippen LogP contribution in [0.3, 0.4) is 0 Å². The summed E-state index contributed by atoms with van der Waals surface area (Å²) in [6, 6.07) is -0.806. The average molecular weight is 878 g/mol. The van der Waals surface area contributed by atoms with Gasteiger partial charge in [-0.25, -0.2) is 0 Å². The molecule has 0 radical (unpaired) electrons. The quantitative estimate of drug-likeness (QED) is 0.0262. The van der Waals surface area contributed by atoms with Crippen molar-refractivity contribution in [3.05, 3.63) is 36.5 Å². The Morgan fingerprint density at radius 3 is 1.39 bits per heavy atom. The van der Waals surface area contributed by atoms with E-state index in [9.17, 15) is 30.3 Å². The SMILES string of the molecule is CCCCCCCCCCC/C=C\C/C=C\CCCCCCCCCCCC(=O)NC(COC1OC(CO)C(O)C(O)C1O)C(O)/C=C/CCCCCCCCCCCCCC. The molecule has 0 aliphatic carbocycles. The van der Waals surface area contributed by atoms with Crippen LogP contribution in [0.25, 0.3) is 0 Å². The zero-order chi connectivity index (χ0) is 45.1. The molecule has 9 nitrogen and oxygen atoms in total. The summed E-state index contributed by atoms with van der Waals surface area (Å²) in [6.07, 6.45) is 47.7. The van der Waals surface area contributed by atoms with E-state index >= 15 is 0 Å². The zero-order valence-electron chi connectivity index (χ0n) is 40.1. The third-order valence-corrected chi connectivity index (χ3v) is 12.5. The predicted octanol–water partition coefficient (Wildman–Crippen LogP) is 12.0. The average Bonchev–Trinajstić information content (AvgIpc) is 3.27. The Hall–Kier alpha value is -1.59. The van der Waals surface area contributed by atoms with Gasteiger partial charge in [0.05, 0.1) is 25.4 Å². The number of allylic oxidation sites excluding steroid dienone is 5. The highest BCUT2D eigenvalue weighted by atomic mass is 16.7. The van der Waals surface area contributed by atoms with Gasteiger partial charge >= 0.3 is 0 Å². The lowest BCUT2D eigenvalue weighted by Gasteiger charge is -2.40. The molecule has 1 aliphatic rings. The highest BCUT2D eigenvalue weighted by Gasteiger charge is 2.44. The summed E-state index contributed by atoms with van der Waals surface area (Å²) in [5.41, 5.74) is 0. The Morgan fingerprint density at radius 1 is 0.548 bits per heavy atom. The zero-order valence-corrected chi connectivity index (χ0v) is 40.1. The third kappa shape index (κ3) is 33.0. The molecule has 1 amide bonds. The van der Waals surface area contributed by atoms with Crippen molar-refractivity contribution in [2.75, 3.05) is 13.2 Å². The number of unbranched alkanes of at least 4 members (excludes halogenated alkanes) is 30. The summed E-state index contributed by atoms with van der Waals surface area (Å²) in [7, 11) is 0. The number of carbonyl (C=O) groups is 1. The Labute approximate surface area is 381 Å². The predicted molar refractivity (Wildman–Crippen MR) is 258 cm³/mol. The highest BCUT2D eigenvalue weighted by molar-refractivity contribution is 5.76. The molecule has 364 valence electrons. The van der Waals surface area contributed by atoms with E-state index in [1.54, 1.807) is 6.08 Å². The fourth-order valence-corrected chi connectivity index (χ4v) is 8.25. The van der Waals surface area contributed by atoms with Crippen molar-refractivity contribution in [3.8, 4) is 0 Å². The molecular weight excluding hydrogens is 779 g/mol. The van der Waals surface area contributed by atoms with Crippen LogP contribution in [0.2, 0.25) is 0 Å². The van der Waals surface area contributed by atoms with Crippen molar-refractivity contribution in [1.82, 2.24) is 5.32 Å². The van der Waals surface area contributed by atoms with E-state index in [4.69, 9.17) is 9.47 Å². The summed E-state index contributed by atoms with van der Waals surface area (Å²) >= 11 is 0. The van der Waals surface area contributed by atoms with Crippen molar-refractivity contribution >= 4 is 5.91 Å². The van der Waals surface area contributed by atoms with Gasteiger partial charge in [0.1, 0.15) is 24.4 Å². The number of aliphatic hydroxyl groups is 5. The molecular formula is C53H99NO8. The fourth-order valence-electron chi connectivity index (χ4n) is 8.25. The topological polar surface area (TPSA) is 149 Å². The van der Waals surface area contributed by atoms with Crippen LogP contribution in [0, 0.1) is 0 Å². The maximum absolute atomic E-state index is 13.0. The smallest absolute Gasteiger partial charge is 0.220 e.